The Balaban J connectivity index is 1.71. The fraction of sp³-hybridized carbons (Fsp3) is 0.622. The fourth-order valence-electron chi connectivity index (χ4n) is 7.63. The lowest BCUT2D eigenvalue weighted by atomic mass is 9.70. The van der Waals surface area contributed by atoms with Crippen molar-refractivity contribution in [1.29, 1.82) is 0 Å². The Kier molecular flexibility index (Phi) is 13.4. The van der Waals surface area contributed by atoms with E-state index in [2.05, 4.69) is 41.3 Å². The van der Waals surface area contributed by atoms with Crippen molar-refractivity contribution in [2.45, 2.75) is 100 Å². The molecule has 2 N–H and O–H groups in total. The Morgan fingerprint density at radius 3 is 2.56 bits per heavy atom. The van der Waals surface area contributed by atoms with Gasteiger partial charge in [0.25, 0.3) is 0 Å². The second kappa shape index (κ2) is 17.1. The normalized spacial score (nSPS) is 27.6. The zero-order valence-electron chi connectivity index (χ0n) is 28.5. The van der Waals surface area contributed by atoms with E-state index in [1.165, 1.54) is 0 Å². The number of allylic oxidation sites excluding steroid dienone is 1. The van der Waals surface area contributed by atoms with Gasteiger partial charge < -0.3 is 29.7 Å². The van der Waals surface area contributed by atoms with Crippen molar-refractivity contribution in [3.63, 3.8) is 0 Å². The molecule has 0 radical (unpaired) electrons. The number of esters is 1. The maximum Gasteiger partial charge on any atom is 0.306 e. The van der Waals surface area contributed by atoms with Crippen LogP contribution >= 0.6 is 15.9 Å². The number of nitrogens with zero attached hydrogens (tertiary/aromatic N) is 2. The van der Waals surface area contributed by atoms with Crippen LogP contribution in [-0.4, -0.2) is 93.5 Å². The number of likely N-dealkylation sites (tertiary alicyclic amines) is 1. The maximum atomic E-state index is 14.7. The number of nitrogens with one attached hydrogen (secondary N) is 1. The van der Waals surface area contributed by atoms with Gasteiger partial charge >= 0.3 is 5.97 Å². The monoisotopic (exact) mass is 729 g/mol. The first kappa shape index (κ1) is 37.8. The molecule has 11 heteroatoms. The van der Waals surface area contributed by atoms with Crippen LogP contribution in [0.3, 0.4) is 0 Å². The molecule has 1 aromatic rings. The number of aliphatic hydroxyl groups is 1. The molecule has 3 aliphatic heterocycles. The SMILES string of the molecule is C=CCCC(=O)OC[C@@H](NC(=O)[C@@H]1[C@H]2O[C@@]3(CC2Br)[C@H](C(=O)N(CC=C)CCCCC)N([C@@H](CO)[C@@H](C)CC)C(=O)[C@@H]13)c1ccccc1. The van der Waals surface area contributed by atoms with Gasteiger partial charge in [-0.05, 0) is 30.7 Å². The summed E-state index contributed by atoms with van der Waals surface area (Å²) in [4.78, 5) is 59.2. The number of amides is 3. The Morgan fingerprint density at radius 1 is 1.21 bits per heavy atom. The number of unbranched alkanes of at least 4 members (excludes halogenated alkanes) is 2. The lowest BCUT2D eigenvalue weighted by Crippen LogP contribution is -2.60. The van der Waals surface area contributed by atoms with E-state index in [1.54, 1.807) is 22.0 Å². The van der Waals surface area contributed by atoms with Crippen LogP contribution in [0.2, 0.25) is 0 Å². The van der Waals surface area contributed by atoms with E-state index in [0.29, 0.717) is 32.4 Å². The molecule has 3 aliphatic rings. The second-order valence-corrected chi connectivity index (χ2v) is 14.5. The Labute approximate surface area is 293 Å². The van der Waals surface area contributed by atoms with E-state index in [4.69, 9.17) is 9.47 Å². The third-order valence-corrected chi connectivity index (χ3v) is 11.1. The van der Waals surface area contributed by atoms with Gasteiger partial charge in [0, 0.05) is 24.3 Å². The van der Waals surface area contributed by atoms with Crippen LogP contribution in [0.25, 0.3) is 0 Å². The number of hydrogen-bond acceptors (Lipinski definition) is 7. The van der Waals surface area contributed by atoms with E-state index < -0.39 is 53.5 Å². The van der Waals surface area contributed by atoms with Gasteiger partial charge in [-0.1, -0.05) is 98.4 Å². The summed E-state index contributed by atoms with van der Waals surface area (Å²) < 4.78 is 12.3. The van der Waals surface area contributed by atoms with Crippen molar-refractivity contribution in [2.75, 3.05) is 26.3 Å². The quantitative estimate of drug-likeness (QED) is 0.0915. The summed E-state index contributed by atoms with van der Waals surface area (Å²) in [7, 11) is 0. The summed E-state index contributed by atoms with van der Waals surface area (Å²) in [6.45, 7) is 14.0. The van der Waals surface area contributed by atoms with Crippen LogP contribution in [0.1, 0.15) is 77.3 Å². The predicted octanol–water partition coefficient (Wildman–Crippen LogP) is 4.71. The molecule has 1 spiro atoms. The highest BCUT2D eigenvalue weighted by molar-refractivity contribution is 9.09. The van der Waals surface area contributed by atoms with Crippen molar-refractivity contribution >= 4 is 39.6 Å². The molecule has 3 saturated heterocycles. The molecule has 9 atom stereocenters. The predicted molar refractivity (Wildman–Crippen MR) is 187 cm³/mol. The topological polar surface area (TPSA) is 125 Å². The smallest absolute Gasteiger partial charge is 0.306 e. The average Bonchev–Trinajstić information content (AvgIpc) is 3.68. The number of alkyl halides is 1. The molecule has 264 valence electrons. The van der Waals surface area contributed by atoms with E-state index in [0.717, 1.165) is 24.8 Å². The summed E-state index contributed by atoms with van der Waals surface area (Å²) >= 11 is 3.75. The third kappa shape index (κ3) is 7.58. The molecular weight excluding hydrogens is 678 g/mol. The standard InChI is InChI=1S/C37H52BrN3O7/c1-6-10-15-20-40(19-8-3)36(46)33-37-21-26(38)32(48-37)30(31(37)35(45)41(33)28(22-42)24(5)9-4)34(44)39-27(25-16-13-12-14-17-25)23-47-29(43)18-11-7-2/h7-8,12-14,16-17,24,26-28,30-33,42H,2-3,6,9-11,15,18-23H2,1,4-5H3,(H,39,44)/t24-,26?,27+,28-,30-,31+,32-,33-,37+/m0/s1. The highest BCUT2D eigenvalue weighted by Gasteiger charge is 2.77. The maximum absolute atomic E-state index is 14.7. The third-order valence-electron chi connectivity index (χ3n) is 10.3. The van der Waals surface area contributed by atoms with Gasteiger partial charge in [-0.25, -0.2) is 0 Å². The highest BCUT2D eigenvalue weighted by Crippen LogP contribution is 2.60. The molecule has 0 aliphatic carbocycles. The summed E-state index contributed by atoms with van der Waals surface area (Å²) in [6.07, 6.45) is 7.10. The van der Waals surface area contributed by atoms with E-state index >= 15 is 0 Å². The van der Waals surface area contributed by atoms with Gasteiger partial charge in [0.2, 0.25) is 17.7 Å². The second-order valence-electron chi connectivity index (χ2n) is 13.3. The number of carbonyl (C=O) groups excluding carboxylic acids is 4. The van der Waals surface area contributed by atoms with E-state index in [9.17, 15) is 24.3 Å². The first-order chi connectivity index (χ1) is 23.1. The molecule has 3 heterocycles. The van der Waals surface area contributed by atoms with Gasteiger partial charge in [0.1, 0.15) is 18.2 Å². The van der Waals surface area contributed by atoms with Gasteiger partial charge in [-0.2, -0.15) is 0 Å². The number of carbonyl (C=O) groups is 4. The number of ether oxygens (including phenoxy) is 2. The number of fused-ring (bicyclic) bond motifs is 1. The summed E-state index contributed by atoms with van der Waals surface area (Å²) in [5.41, 5.74) is -0.521. The van der Waals surface area contributed by atoms with Crippen molar-refractivity contribution in [3.8, 4) is 0 Å². The van der Waals surface area contributed by atoms with Crippen LogP contribution < -0.4 is 5.32 Å². The first-order valence-electron chi connectivity index (χ1n) is 17.4. The van der Waals surface area contributed by atoms with Crippen molar-refractivity contribution in [3.05, 3.63) is 61.2 Å². The molecular formula is C37H52BrN3O7. The zero-order valence-corrected chi connectivity index (χ0v) is 30.1. The fourth-order valence-corrected chi connectivity index (χ4v) is 8.58. The molecule has 10 nitrogen and oxygen atoms in total. The van der Waals surface area contributed by atoms with Crippen molar-refractivity contribution in [2.24, 2.45) is 17.8 Å². The van der Waals surface area contributed by atoms with Gasteiger partial charge in [0.05, 0.1) is 36.6 Å². The number of halogens is 1. The summed E-state index contributed by atoms with van der Waals surface area (Å²) in [5.74, 6) is -3.38. The van der Waals surface area contributed by atoms with E-state index in [-0.39, 0.29) is 42.2 Å². The van der Waals surface area contributed by atoms with Gasteiger partial charge in [0.15, 0.2) is 0 Å². The molecule has 1 aromatic carbocycles. The highest BCUT2D eigenvalue weighted by atomic mass is 79.9. The minimum Gasteiger partial charge on any atom is -0.463 e. The van der Waals surface area contributed by atoms with Crippen LogP contribution in [0.5, 0.6) is 0 Å². The van der Waals surface area contributed by atoms with Crippen LogP contribution in [-0.2, 0) is 28.7 Å². The molecule has 1 unspecified atom stereocenters. The average molecular weight is 731 g/mol. The van der Waals surface area contributed by atoms with Crippen LogP contribution in [0, 0.1) is 17.8 Å². The molecule has 3 fully saturated rings. The first-order valence-corrected chi connectivity index (χ1v) is 18.3. The number of benzene rings is 1. The van der Waals surface area contributed by atoms with Crippen molar-refractivity contribution in [1.82, 2.24) is 15.1 Å². The summed E-state index contributed by atoms with van der Waals surface area (Å²) in [5, 5.41) is 13.7. The van der Waals surface area contributed by atoms with Gasteiger partial charge in [-0.15, -0.1) is 13.2 Å². The Hall–Kier alpha value is -3.02. The molecule has 0 aromatic heterocycles. The lowest BCUT2D eigenvalue weighted by Gasteiger charge is -2.41. The minimum atomic E-state index is -1.26. The number of hydrogen-bond donors (Lipinski definition) is 2. The minimum absolute atomic E-state index is 0.0897. The molecule has 3 amide bonds. The Bertz CT molecular complexity index is 1310. The number of rotatable bonds is 19. The number of aliphatic hydroxyl groups excluding tert-OH is 1. The van der Waals surface area contributed by atoms with Gasteiger partial charge in [-0.3, -0.25) is 19.2 Å². The zero-order chi connectivity index (χ0) is 35.0. The van der Waals surface area contributed by atoms with Crippen LogP contribution in [0.4, 0.5) is 0 Å². The molecule has 48 heavy (non-hydrogen) atoms. The Morgan fingerprint density at radius 2 is 1.94 bits per heavy atom. The van der Waals surface area contributed by atoms with E-state index in [1.807, 2.05) is 44.2 Å². The molecule has 0 saturated carbocycles. The lowest BCUT2D eigenvalue weighted by molar-refractivity contribution is -0.152. The molecule has 2 bridgehead atoms. The van der Waals surface area contributed by atoms with Crippen molar-refractivity contribution < 1.29 is 33.8 Å². The summed E-state index contributed by atoms with van der Waals surface area (Å²) in [6, 6.07) is 6.90. The largest absolute Gasteiger partial charge is 0.463 e. The molecule has 4 rings (SSSR count). The van der Waals surface area contributed by atoms with Crippen LogP contribution in [0.15, 0.2) is 55.6 Å².